The molecule has 0 aliphatic carbocycles. The summed E-state index contributed by atoms with van der Waals surface area (Å²) in [5.74, 6) is -0.498. The minimum absolute atomic E-state index is 0.0205. The van der Waals surface area contributed by atoms with Crippen LogP contribution in [0.15, 0.2) is 85.1 Å². The topological polar surface area (TPSA) is 106 Å². The first kappa shape index (κ1) is 21.8. The van der Waals surface area contributed by atoms with Crippen molar-refractivity contribution in [2.75, 3.05) is 5.32 Å². The molecule has 0 aliphatic rings. The Kier molecular flexibility index (Phi) is 6.45. The first-order valence-electron chi connectivity index (χ1n) is 10.3. The molecule has 0 radical (unpaired) electrons. The number of aromatic nitrogens is 3. The van der Waals surface area contributed by atoms with E-state index in [1.165, 1.54) is 10.9 Å². The number of aliphatic carboxylic acids is 1. The van der Waals surface area contributed by atoms with Crippen LogP contribution in [0.5, 0.6) is 0 Å². The van der Waals surface area contributed by atoms with Crippen LogP contribution < -0.4 is 5.32 Å². The van der Waals surface area contributed by atoms with Gasteiger partial charge in [0.25, 0.3) is 0 Å². The Morgan fingerprint density at radius 1 is 1.00 bits per heavy atom. The van der Waals surface area contributed by atoms with Crippen molar-refractivity contribution in [3.63, 3.8) is 0 Å². The lowest BCUT2D eigenvalue weighted by Crippen LogP contribution is -2.18. The molecule has 0 unspecified atom stereocenters. The predicted octanol–water partition coefficient (Wildman–Crippen LogP) is 4.87. The highest BCUT2D eigenvalue weighted by molar-refractivity contribution is 5.84. The van der Waals surface area contributed by atoms with Gasteiger partial charge in [-0.1, -0.05) is 71.9 Å². The number of hydrogen-bond acceptors (Lipinski definition) is 5. The Balaban J connectivity index is 1.49. The summed E-state index contributed by atoms with van der Waals surface area (Å²) in [6.07, 6.45) is 0.401. The fourth-order valence-corrected chi connectivity index (χ4v) is 3.40. The molecule has 166 valence electrons. The molecule has 4 aromatic rings. The largest absolute Gasteiger partial charge is 0.481 e. The summed E-state index contributed by atoms with van der Waals surface area (Å²) in [5.41, 5.74) is 4.16. The van der Waals surface area contributed by atoms with Gasteiger partial charge in [0.15, 0.2) is 5.82 Å². The second-order valence-corrected chi connectivity index (χ2v) is 7.43. The zero-order valence-electron chi connectivity index (χ0n) is 17.9. The maximum absolute atomic E-state index is 12.4. The number of ether oxygens (including phenoxy) is 1. The molecular weight excluding hydrogens is 420 g/mol. The molecule has 2 N–H and O–H groups in total. The Morgan fingerprint density at radius 3 is 2.48 bits per heavy atom. The highest BCUT2D eigenvalue weighted by Gasteiger charge is 2.15. The summed E-state index contributed by atoms with van der Waals surface area (Å²) in [5, 5.41) is 19.6. The first-order chi connectivity index (χ1) is 16.0. The quantitative estimate of drug-likeness (QED) is 0.423. The number of nitrogens with one attached hydrogen (secondary N) is 1. The molecule has 8 heteroatoms. The molecule has 0 aliphatic heterocycles. The minimum Gasteiger partial charge on any atom is -0.481 e. The molecule has 4 rings (SSSR count). The van der Waals surface area contributed by atoms with Crippen molar-refractivity contribution >= 4 is 17.9 Å². The highest BCUT2D eigenvalue weighted by Crippen LogP contribution is 2.24. The Labute approximate surface area is 190 Å². The monoisotopic (exact) mass is 442 g/mol. The van der Waals surface area contributed by atoms with Crippen LogP contribution in [0.25, 0.3) is 16.8 Å². The van der Waals surface area contributed by atoms with Gasteiger partial charge in [-0.05, 0) is 41.3 Å². The van der Waals surface area contributed by atoms with E-state index in [1.54, 1.807) is 19.1 Å². The van der Waals surface area contributed by atoms with E-state index in [4.69, 9.17) is 9.84 Å². The van der Waals surface area contributed by atoms with Crippen LogP contribution in [0.4, 0.5) is 10.6 Å². The molecule has 1 aromatic heterocycles. The van der Waals surface area contributed by atoms with Crippen molar-refractivity contribution in [1.29, 1.82) is 0 Å². The molecule has 0 spiro atoms. The number of carbonyl (C=O) groups is 2. The molecule has 33 heavy (non-hydrogen) atoms. The van der Waals surface area contributed by atoms with Gasteiger partial charge in [-0.3, -0.25) is 10.1 Å². The first-order valence-corrected chi connectivity index (χ1v) is 10.3. The van der Waals surface area contributed by atoms with Crippen LogP contribution in [-0.4, -0.2) is 32.2 Å². The van der Waals surface area contributed by atoms with Crippen molar-refractivity contribution in [3.05, 3.63) is 96.2 Å². The molecule has 0 saturated heterocycles. The number of carboxylic acid groups (broad SMARTS) is 1. The van der Waals surface area contributed by atoms with Crippen LogP contribution in [0.2, 0.25) is 0 Å². The van der Waals surface area contributed by atoms with Gasteiger partial charge in [0.2, 0.25) is 0 Å². The molecule has 1 heterocycles. The van der Waals surface area contributed by atoms with Crippen LogP contribution in [0.1, 0.15) is 24.2 Å². The zero-order chi connectivity index (χ0) is 23.2. The number of carbonyl (C=O) groups excluding carboxylic acids is 1. The lowest BCUT2D eigenvalue weighted by Gasteiger charge is -2.14. The zero-order valence-corrected chi connectivity index (χ0v) is 17.9. The standard InChI is InChI=1S/C25H22N4O4/c1-17(19-6-3-2-4-7-19)33-25(32)27-23-16-26-28-29(23)22-9-5-8-21(15-22)20-12-10-18(11-13-20)14-24(30)31/h2-13,15-17H,14H2,1H3,(H,27,32)(H,30,31)/t17-/m1/s1. The van der Waals surface area contributed by atoms with Crippen molar-refractivity contribution in [1.82, 2.24) is 15.0 Å². The summed E-state index contributed by atoms with van der Waals surface area (Å²) in [6.45, 7) is 1.80. The Bertz CT molecular complexity index is 1250. The van der Waals surface area contributed by atoms with Crippen LogP contribution in [0, 0.1) is 0 Å². The number of hydrogen-bond donors (Lipinski definition) is 2. The van der Waals surface area contributed by atoms with E-state index in [1.807, 2.05) is 66.7 Å². The minimum atomic E-state index is -0.868. The molecule has 3 aromatic carbocycles. The Hall–Kier alpha value is -4.46. The third-order valence-electron chi connectivity index (χ3n) is 5.07. The van der Waals surface area contributed by atoms with Gasteiger partial charge in [-0.15, -0.1) is 5.10 Å². The van der Waals surface area contributed by atoms with Gasteiger partial charge in [0, 0.05) is 0 Å². The normalized spacial score (nSPS) is 11.5. The third-order valence-corrected chi connectivity index (χ3v) is 5.07. The fraction of sp³-hybridized carbons (Fsp3) is 0.120. The van der Waals surface area contributed by atoms with Gasteiger partial charge in [0.05, 0.1) is 18.3 Å². The molecule has 1 atom stereocenters. The number of amides is 1. The van der Waals surface area contributed by atoms with Crippen molar-refractivity contribution < 1.29 is 19.4 Å². The van der Waals surface area contributed by atoms with Gasteiger partial charge in [-0.25, -0.2) is 4.79 Å². The van der Waals surface area contributed by atoms with Gasteiger partial charge in [-0.2, -0.15) is 4.68 Å². The SMILES string of the molecule is C[C@@H](OC(=O)Nc1cnnn1-c1cccc(-c2ccc(CC(=O)O)cc2)c1)c1ccccc1. The lowest BCUT2D eigenvalue weighted by molar-refractivity contribution is -0.136. The molecule has 0 bridgehead atoms. The van der Waals surface area contributed by atoms with Crippen LogP contribution in [0.3, 0.4) is 0 Å². The predicted molar refractivity (Wildman–Crippen MR) is 123 cm³/mol. The summed E-state index contributed by atoms with van der Waals surface area (Å²) in [4.78, 5) is 23.3. The summed E-state index contributed by atoms with van der Waals surface area (Å²) < 4.78 is 6.98. The van der Waals surface area contributed by atoms with E-state index in [2.05, 4.69) is 15.6 Å². The highest BCUT2D eigenvalue weighted by atomic mass is 16.6. The third kappa shape index (κ3) is 5.43. The molecule has 0 fully saturated rings. The van der Waals surface area contributed by atoms with Crippen molar-refractivity contribution in [3.8, 4) is 16.8 Å². The second kappa shape index (κ2) is 9.78. The number of benzene rings is 3. The maximum atomic E-state index is 12.4. The lowest BCUT2D eigenvalue weighted by atomic mass is 10.0. The van der Waals surface area contributed by atoms with Gasteiger partial charge < -0.3 is 9.84 Å². The average Bonchev–Trinajstić information content (AvgIpc) is 3.28. The molecular formula is C25H22N4O4. The van der Waals surface area contributed by atoms with E-state index in [9.17, 15) is 9.59 Å². The molecule has 8 nitrogen and oxygen atoms in total. The molecule has 0 saturated carbocycles. The fourth-order valence-electron chi connectivity index (χ4n) is 3.40. The van der Waals surface area contributed by atoms with Gasteiger partial charge in [0.1, 0.15) is 6.10 Å². The number of nitrogens with zero attached hydrogens (tertiary/aromatic N) is 3. The second-order valence-electron chi connectivity index (χ2n) is 7.43. The summed E-state index contributed by atoms with van der Waals surface area (Å²) in [6, 6.07) is 24.4. The number of carboxylic acids is 1. The van der Waals surface area contributed by atoms with E-state index in [0.717, 1.165) is 22.3 Å². The molecule has 1 amide bonds. The maximum Gasteiger partial charge on any atom is 0.413 e. The van der Waals surface area contributed by atoms with Crippen molar-refractivity contribution in [2.24, 2.45) is 0 Å². The van der Waals surface area contributed by atoms with E-state index >= 15 is 0 Å². The van der Waals surface area contributed by atoms with Crippen LogP contribution >= 0.6 is 0 Å². The summed E-state index contributed by atoms with van der Waals surface area (Å²) >= 11 is 0. The van der Waals surface area contributed by atoms with E-state index in [-0.39, 0.29) is 6.42 Å². The van der Waals surface area contributed by atoms with Gasteiger partial charge >= 0.3 is 12.1 Å². The van der Waals surface area contributed by atoms with Crippen LogP contribution in [-0.2, 0) is 16.0 Å². The van der Waals surface area contributed by atoms with E-state index < -0.39 is 18.2 Å². The Morgan fingerprint density at radius 2 is 1.76 bits per heavy atom. The summed E-state index contributed by atoms with van der Waals surface area (Å²) in [7, 11) is 0. The number of rotatable bonds is 7. The smallest absolute Gasteiger partial charge is 0.413 e. The average molecular weight is 442 g/mol. The van der Waals surface area contributed by atoms with E-state index in [0.29, 0.717) is 11.5 Å². The number of anilines is 1. The van der Waals surface area contributed by atoms with Crippen molar-refractivity contribution in [2.45, 2.75) is 19.4 Å².